The molecular formula is C15H12ClNO4. The summed E-state index contributed by atoms with van der Waals surface area (Å²) in [6.07, 6.45) is 0. The Kier molecular flexibility index (Phi) is 4.45. The lowest BCUT2D eigenvalue weighted by Crippen LogP contribution is -2.09. The van der Waals surface area contributed by atoms with Crippen LogP contribution in [0.15, 0.2) is 42.5 Å². The predicted octanol–water partition coefficient (Wildman–Crippen LogP) is 2.98. The molecule has 0 saturated heterocycles. The Morgan fingerprint density at radius 2 is 1.86 bits per heavy atom. The Bertz CT molecular complexity index is 662. The van der Waals surface area contributed by atoms with Crippen molar-refractivity contribution in [1.29, 1.82) is 0 Å². The first kappa shape index (κ1) is 14.9. The SMILES string of the molecule is Nc1cc(C(=O)OCc2ccccc2)cc(Cl)c1C(=O)O. The van der Waals surface area contributed by atoms with Crippen molar-refractivity contribution in [3.05, 3.63) is 64.2 Å². The normalized spacial score (nSPS) is 10.1. The van der Waals surface area contributed by atoms with Gasteiger partial charge in [0.25, 0.3) is 0 Å². The van der Waals surface area contributed by atoms with Gasteiger partial charge in [0.05, 0.1) is 10.6 Å². The molecule has 0 aliphatic carbocycles. The van der Waals surface area contributed by atoms with Crippen LogP contribution in [-0.4, -0.2) is 17.0 Å². The van der Waals surface area contributed by atoms with Gasteiger partial charge in [0, 0.05) is 5.69 Å². The zero-order chi connectivity index (χ0) is 15.4. The van der Waals surface area contributed by atoms with Crippen LogP contribution in [0, 0.1) is 0 Å². The molecule has 6 heteroatoms. The molecule has 0 bridgehead atoms. The van der Waals surface area contributed by atoms with Crippen molar-refractivity contribution >= 4 is 29.2 Å². The number of ether oxygens (including phenoxy) is 1. The maximum absolute atomic E-state index is 11.9. The van der Waals surface area contributed by atoms with Crippen molar-refractivity contribution in [2.24, 2.45) is 0 Å². The molecule has 0 spiro atoms. The largest absolute Gasteiger partial charge is 0.478 e. The maximum Gasteiger partial charge on any atom is 0.339 e. The molecule has 0 heterocycles. The van der Waals surface area contributed by atoms with Gasteiger partial charge in [-0.05, 0) is 17.7 Å². The molecule has 0 atom stereocenters. The van der Waals surface area contributed by atoms with E-state index < -0.39 is 11.9 Å². The van der Waals surface area contributed by atoms with Gasteiger partial charge in [-0.2, -0.15) is 0 Å². The molecule has 0 saturated carbocycles. The number of halogens is 1. The van der Waals surface area contributed by atoms with Crippen LogP contribution in [0.5, 0.6) is 0 Å². The quantitative estimate of drug-likeness (QED) is 0.669. The molecule has 0 aromatic heterocycles. The predicted molar refractivity (Wildman–Crippen MR) is 78.4 cm³/mol. The lowest BCUT2D eigenvalue weighted by atomic mass is 10.1. The summed E-state index contributed by atoms with van der Waals surface area (Å²) in [7, 11) is 0. The summed E-state index contributed by atoms with van der Waals surface area (Å²) in [5.41, 5.74) is 6.24. The summed E-state index contributed by atoms with van der Waals surface area (Å²) in [5, 5.41) is 8.84. The first-order valence-electron chi connectivity index (χ1n) is 6.02. The van der Waals surface area contributed by atoms with E-state index in [9.17, 15) is 9.59 Å². The van der Waals surface area contributed by atoms with Gasteiger partial charge in [-0.25, -0.2) is 9.59 Å². The number of benzene rings is 2. The second kappa shape index (κ2) is 6.28. The van der Waals surface area contributed by atoms with Crippen LogP contribution < -0.4 is 5.73 Å². The smallest absolute Gasteiger partial charge is 0.339 e. The van der Waals surface area contributed by atoms with Crippen LogP contribution in [0.4, 0.5) is 5.69 Å². The Morgan fingerprint density at radius 3 is 2.43 bits per heavy atom. The first-order valence-corrected chi connectivity index (χ1v) is 6.40. The van der Waals surface area contributed by atoms with Crippen molar-refractivity contribution in [3.63, 3.8) is 0 Å². The van der Waals surface area contributed by atoms with Crippen molar-refractivity contribution < 1.29 is 19.4 Å². The second-order valence-corrected chi connectivity index (χ2v) is 4.70. The minimum Gasteiger partial charge on any atom is -0.478 e. The van der Waals surface area contributed by atoms with Crippen molar-refractivity contribution in [3.8, 4) is 0 Å². The molecule has 2 aromatic rings. The number of esters is 1. The average molecular weight is 306 g/mol. The van der Waals surface area contributed by atoms with Crippen LogP contribution in [0.1, 0.15) is 26.3 Å². The first-order chi connectivity index (χ1) is 9.99. The van der Waals surface area contributed by atoms with Crippen molar-refractivity contribution in [1.82, 2.24) is 0 Å². The molecule has 0 amide bonds. The highest BCUT2D eigenvalue weighted by atomic mass is 35.5. The zero-order valence-electron chi connectivity index (χ0n) is 10.9. The molecule has 2 aromatic carbocycles. The monoisotopic (exact) mass is 305 g/mol. The molecule has 3 N–H and O–H groups in total. The van der Waals surface area contributed by atoms with Crippen LogP contribution in [0.3, 0.4) is 0 Å². The van der Waals surface area contributed by atoms with Crippen LogP contribution in [0.25, 0.3) is 0 Å². The third-order valence-corrected chi connectivity index (χ3v) is 3.08. The number of anilines is 1. The molecule has 5 nitrogen and oxygen atoms in total. The second-order valence-electron chi connectivity index (χ2n) is 4.29. The molecule has 0 fully saturated rings. The van der Waals surface area contributed by atoms with Gasteiger partial charge in [-0.3, -0.25) is 0 Å². The summed E-state index contributed by atoms with van der Waals surface area (Å²) in [5.74, 6) is -1.87. The van der Waals surface area contributed by atoms with Gasteiger partial charge in [0.1, 0.15) is 12.2 Å². The number of carboxylic acid groups (broad SMARTS) is 1. The summed E-state index contributed by atoms with van der Waals surface area (Å²) >= 11 is 5.82. The Balaban J connectivity index is 2.15. The lowest BCUT2D eigenvalue weighted by Gasteiger charge is -2.08. The van der Waals surface area contributed by atoms with E-state index in [2.05, 4.69) is 0 Å². The topological polar surface area (TPSA) is 89.6 Å². The van der Waals surface area contributed by atoms with Gasteiger partial charge in [-0.15, -0.1) is 0 Å². The Morgan fingerprint density at radius 1 is 1.19 bits per heavy atom. The van der Waals surface area contributed by atoms with E-state index in [1.807, 2.05) is 30.3 Å². The molecular weight excluding hydrogens is 294 g/mol. The highest BCUT2D eigenvalue weighted by Gasteiger charge is 2.17. The lowest BCUT2D eigenvalue weighted by molar-refractivity contribution is 0.0472. The fourth-order valence-corrected chi connectivity index (χ4v) is 2.09. The van der Waals surface area contributed by atoms with Gasteiger partial charge >= 0.3 is 11.9 Å². The standard InChI is InChI=1S/C15H12ClNO4/c16-11-6-10(7-12(17)13(11)14(18)19)15(20)21-8-9-4-2-1-3-5-9/h1-7H,8,17H2,(H,18,19). The summed E-state index contributed by atoms with van der Waals surface area (Å²) in [6, 6.07) is 11.6. The van der Waals surface area contributed by atoms with Gasteiger partial charge in [0.15, 0.2) is 0 Å². The fourth-order valence-electron chi connectivity index (χ4n) is 1.78. The van der Waals surface area contributed by atoms with E-state index in [-0.39, 0.29) is 28.4 Å². The van der Waals surface area contributed by atoms with Crippen LogP contribution in [0.2, 0.25) is 5.02 Å². The minimum atomic E-state index is -1.25. The van der Waals surface area contributed by atoms with E-state index in [1.54, 1.807) is 0 Å². The van der Waals surface area contributed by atoms with Crippen LogP contribution >= 0.6 is 11.6 Å². The van der Waals surface area contributed by atoms with E-state index in [4.69, 9.17) is 27.2 Å². The third-order valence-electron chi connectivity index (χ3n) is 2.78. The van der Waals surface area contributed by atoms with Gasteiger partial charge in [0.2, 0.25) is 0 Å². The Hall–Kier alpha value is -2.53. The summed E-state index contributed by atoms with van der Waals surface area (Å²) in [6.45, 7) is 0.109. The highest BCUT2D eigenvalue weighted by Crippen LogP contribution is 2.25. The van der Waals surface area contributed by atoms with Crippen molar-refractivity contribution in [2.75, 3.05) is 5.73 Å². The maximum atomic E-state index is 11.9. The number of rotatable bonds is 4. The summed E-state index contributed by atoms with van der Waals surface area (Å²) in [4.78, 5) is 22.9. The number of carboxylic acids is 1. The van der Waals surface area contributed by atoms with E-state index in [0.29, 0.717) is 0 Å². The molecule has 108 valence electrons. The van der Waals surface area contributed by atoms with E-state index in [0.717, 1.165) is 5.56 Å². The third kappa shape index (κ3) is 3.52. The number of nitrogens with two attached hydrogens (primary N) is 1. The zero-order valence-corrected chi connectivity index (χ0v) is 11.6. The average Bonchev–Trinajstić information content (AvgIpc) is 2.44. The number of hydrogen-bond donors (Lipinski definition) is 2. The van der Waals surface area contributed by atoms with E-state index >= 15 is 0 Å². The minimum absolute atomic E-state index is 0.0818. The van der Waals surface area contributed by atoms with Gasteiger partial charge < -0.3 is 15.6 Å². The Labute approximate surface area is 125 Å². The van der Waals surface area contributed by atoms with Crippen molar-refractivity contribution in [2.45, 2.75) is 6.61 Å². The molecule has 21 heavy (non-hydrogen) atoms. The molecule has 0 unspecified atom stereocenters. The number of carbonyl (C=O) groups is 2. The number of carbonyl (C=O) groups excluding carboxylic acids is 1. The van der Waals surface area contributed by atoms with Gasteiger partial charge in [-0.1, -0.05) is 41.9 Å². The molecule has 0 aliphatic rings. The number of aromatic carboxylic acids is 1. The summed E-state index contributed by atoms with van der Waals surface area (Å²) < 4.78 is 5.12. The van der Waals surface area contributed by atoms with Crippen LogP contribution in [-0.2, 0) is 11.3 Å². The number of hydrogen-bond acceptors (Lipinski definition) is 4. The molecule has 0 radical (unpaired) electrons. The molecule has 0 aliphatic heterocycles. The number of nitrogen functional groups attached to an aromatic ring is 1. The highest BCUT2D eigenvalue weighted by molar-refractivity contribution is 6.34. The fraction of sp³-hybridized carbons (Fsp3) is 0.0667. The van der Waals surface area contributed by atoms with E-state index in [1.165, 1.54) is 12.1 Å². The molecule has 2 rings (SSSR count).